The van der Waals surface area contributed by atoms with Crippen molar-refractivity contribution in [3.05, 3.63) is 63.1 Å². The first kappa shape index (κ1) is 15.4. The van der Waals surface area contributed by atoms with Crippen LogP contribution < -0.4 is 10.5 Å². The van der Waals surface area contributed by atoms with Crippen molar-refractivity contribution in [1.29, 1.82) is 0 Å². The molecule has 0 heterocycles. The lowest BCUT2D eigenvalue weighted by molar-refractivity contribution is 0.313. The van der Waals surface area contributed by atoms with Crippen LogP contribution >= 0.6 is 27.5 Å². The number of ether oxygens (including phenoxy) is 1. The van der Waals surface area contributed by atoms with Crippen molar-refractivity contribution >= 4 is 27.5 Å². The van der Waals surface area contributed by atoms with Crippen LogP contribution in [0.25, 0.3) is 0 Å². The smallest absolute Gasteiger partial charge is 0.124 e. The first-order chi connectivity index (χ1) is 9.65. The second-order valence-electron chi connectivity index (χ2n) is 4.51. The number of hydrogen-bond acceptors (Lipinski definition) is 2. The highest BCUT2D eigenvalue weighted by atomic mass is 79.9. The highest BCUT2D eigenvalue weighted by molar-refractivity contribution is 9.10. The predicted molar refractivity (Wildman–Crippen MR) is 87.4 cm³/mol. The van der Waals surface area contributed by atoms with E-state index in [0.717, 1.165) is 27.8 Å². The molecule has 0 spiro atoms. The van der Waals surface area contributed by atoms with Gasteiger partial charge in [0.1, 0.15) is 5.75 Å². The fraction of sp³-hybridized carbons (Fsp3) is 0.250. The standard InChI is InChI=1S/C16H17BrClNO/c1-2-10-20-14-9-4-3-6-11(14)16(19)12-7-5-8-13(17)15(12)18/h3-9,16H,2,10,19H2,1H3. The van der Waals surface area contributed by atoms with Gasteiger partial charge in [0.15, 0.2) is 0 Å². The average molecular weight is 355 g/mol. The van der Waals surface area contributed by atoms with Gasteiger partial charge in [0.2, 0.25) is 0 Å². The lowest BCUT2D eigenvalue weighted by Gasteiger charge is -2.18. The topological polar surface area (TPSA) is 35.2 Å². The van der Waals surface area contributed by atoms with Gasteiger partial charge in [0, 0.05) is 10.0 Å². The maximum atomic E-state index is 6.37. The third kappa shape index (κ3) is 3.35. The zero-order valence-electron chi connectivity index (χ0n) is 11.3. The second kappa shape index (κ2) is 7.11. The Morgan fingerprint density at radius 2 is 1.85 bits per heavy atom. The Labute approximate surface area is 133 Å². The maximum absolute atomic E-state index is 6.37. The molecule has 4 heteroatoms. The quantitative estimate of drug-likeness (QED) is 0.825. The van der Waals surface area contributed by atoms with Crippen LogP contribution in [0.5, 0.6) is 5.75 Å². The summed E-state index contributed by atoms with van der Waals surface area (Å²) in [6.07, 6.45) is 0.960. The fourth-order valence-corrected chi connectivity index (χ4v) is 2.63. The molecule has 0 saturated carbocycles. The zero-order valence-corrected chi connectivity index (χ0v) is 13.6. The normalized spacial score (nSPS) is 12.2. The zero-order chi connectivity index (χ0) is 14.5. The molecule has 2 aromatic rings. The molecule has 2 nitrogen and oxygen atoms in total. The molecule has 0 aliphatic carbocycles. The number of rotatable bonds is 5. The van der Waals surface area contributed by atoms with E-state index in [1.807, 2.05) is 42.5 Å². The molecular formula is C16H17BrClNO. The van der Waals surface area contributed by atoms with E-state index >= 15 is 0 Å². The van der Waals surface area contributed by atoms with Gasteiger partial charge in [0.05, 0.1) is 17.7 Å². The predicted octanol–water partition coefficient (Wildman–Crippen LogP) is 4.94. The largest absolute Gasteiger partial charge is 0.493 e. The molecule has 0 amide bonds. The summed E-state index contributed by atoms with van der Waals surface area (Å²) in [6.45, 7) is 2.75. The third-order valence-electron chi connectivity index (χ3n) is 3.03. The maximum Gasteiger partial charge on any atom is 0.124 e. The minimum Gasteiger partial charge on any atom is -0.493 e. The van der Waals surface area contributed by atoms with Crippen molar-refractivity contribution in [2.24, 2.45) is 5.73 Å². The Balaban J connectivity index is 2.38. The Morgan fingerprint density at radius 3 is 2.60 bits per heavy atom. The summed E-state index contributed by atoms with van der Waals surface area (Å²) in [4.78, 5) is 0. The van der Waals surface area contributed by atoms with Crippen molar-refractivity contribution in [2.45, 2.75) is 19.4 Å². The minimum atomic E-state index is -0.312. The van der Waals surface area contributed by atoms with Crippen LogP contribution in [-0.4, -0.2) is 6.61 Å². The molecule has 20 heavy (non-hydrogen) atoms. The molecule has 2 N–H and O–H groups in total. The van der Waals surface area contributed by atoms with E-state index in [4.69, 9.17) is 22.1 Å². The van der Waals surface area contributed by atoms with Crippen LogP contribution in [0.2, 0.25) is 5.02 Å². The van der Waals surface area contributed by atoms with Gasteiger partial charge >= 0.3 is 0 Å². The molecule has 1 atom stereocenters. The first-order valence-electron chi connectivity index (χ1n) is 6.56. The average Bonchev–Trinajstić information content (AvgIpc) is 2.47. The van der Waals surface area contributed by atoms with E-state index < -0.39 is 0 Å². The van der Waals surface area contributed by atoms with Crippen molar-refractivity contribution in [2.75, 3.05) is 6.61 Å². The van der Waals surface area contributed by atoms with Gasteiger partial charge < -0.3 is 10.5 Å². The molecule has 0 bridgehead atoms. The van der Waals surface area contributed by atoms with Crippen LogP contribution in [0, 0.1) is 0 Å². The lowest BCUT2D eigenvalue weighted by atomic mass is 9.99. The Kier molecular flexibility index (Phi) is 5.46. The van der Waals surface area contributed by atoms with Crippen molar-refractivity contribution in [3.8, 4) is 5.75 Å². The van der Waals surface area contributed by atoms with Crippen LogP contribution in [0.3, 0.4) is 0 Å². The summed E-state index contributed by atoms with van der Waals surface area (Å²) in [7, 11) is 0. The van der Waals surface area contributed by atoms with Crippen molar-refractivity contribution < 1.29 is 4.74 Å². The van der Waals surface area contributed by atoms with E-state index in [9.17, 15) is 0 Å². The summed E-state index contributed by atoms with van der Waals surface area (Å²) >= 11 is 9.76. The van der Waals surface area contributed by atoms with Gasteiger partial charge in [-0.05, 0) is 40.0 Å². The lowest BCUT2D eigenvalue weighted by Crippen LogP contribution is -2.14. The SMILES string of the molecule is CCCOc1ccccc1C(N)c1cccc(Br)c1Cl. The number of benzene rings is 2. The first-order valence-corrected chi connectivity index (χ1v) is 7.73. The molecule has 0 radical (unpaired) electrons. The van der Waals surface area contributed by atoms with Gasteiger partial charge in [-0.2, -0.15) is 0 Å². The number of hydrogen-bond donors (Lipinski definition) is 1. The van der Waals surface area contributed by atoms with Gasteiger partial charge in [-0.25, -0.2) is 0 Å². The molecule has 0 saturated heterocycles. The monoisotopic (exact) mass is 353 g/mol. The number of halogens is 2. The number of para-hydroxylation sites is 1. The van der Waals surface area contributed by atoms with Gasteiger partial charge in [-0.3, -0.25) is 0 Å². The van der Waals surface area contributed by atoms with Crippen LogP contribution in [0.15, 0.2) is 46.9 Å². The molecule has 0 aliphatic rings. The van der Waals surface area contributed by atoms with Crippen LogP contribution in [0.4, 0.5) is 0 Å². The molecule has 0 aliphatic heterocycles. The van der Waals surface area contributed by atoms with E-state index in [-0.39, 0.29) is 6.04 Å². The molecule has 2 aromatic carbocycles. The fourth-order valence-electron chi connectivity index (χ4n) is 2.01. The Bertz CT molecular complexity index is 588. The van der Waals surface area contributed by atoms with Crippen molar-refractivity contribution in [3.63, 3.8) is 0 Å². The van der Waals surface area contributed by atoms with E-state index in [1.54, 1.807) is 0 Å². The Morgan fingerprint density at radius 1 is 1.15 bits per heavy atom. The summed E-state index contributed by atoms with van der Waals surface area (Å²) in [5.41, 5.74) is 8.20. The van der Waals surface area contributed by atoms with Gasteiger partial charge in [-0.1, -0.05) is 48.9 Å². The van der Waals surface area contributed by atoms with Crippen LogP contribution in [0.1, 0.15) is 30.5 Å². The van der Waals surface area contributed by atoms with Crippen molar-refractivity contribution in [1.82, 2.24) is 0 Å². The minimum absolute atomic E-state index is 0.312. The number of nitrogens with two attached hydrogens (primary N) is 1. The molecule has 0 fully saturated rings. The highest BCUT2D eigenvalue weighted by Gasteiger charge is 2.17. The molecule has 1 unspecified atom stereocenters. The van der Waals surface area contributed by atoms with Gasteiger partial charge in [0.25, 0.3) is 0 Å². The molecule has 0 aromatic heterocycles. The summed E-state index contributed by atoms with van der Waals surface area (Å²) in [5, 5.41) is 0.644. The summed E-state index contributed by atoms with van der Waals surface area (Å²) in [6, 6.07) is 13.3. The van der Waals surface area contributed by atoms with E-state index in [0.29, 0.717) is 11.6 Å². The second-order valence-corrected chi connectivity index (χ2v) is 5.74. The highest BCUT2D eigenvalue weighted by Crippen LogP contribution is 2.35. The summed E-state index contributed by atoms with van der Waals surface area (Å²) in [5.74, 6) is 0.817. The van der Waals surface area contributed by atoms with E-state index in [2.05, 4.69) is 22.9 Å². The molecule has 106 valence electrons. The van der Waals surface area contributed by atoms with E-state index in [1.165, 1.54) is 0 Å². The molecular weight excluding hydrogens is 338 g/mol. The van der Waals surface area contributed by atoms with Crippen LogP contribution in [-0.2, 0) is 0 Å². The molecule has 2 rings (SSSR count). The Hall–Kier alpha value is -1.03. The van der Waals surface area contributed by atoms with Gasteiger partial charge in [-0.15, -0.1) is 0 Å². The third-order valence-corrected chi connectivity index (χ3v) is 4.34. The summed E-state index contributed by atoms with van der Waals surface area (Å²) < 4.78 is 6.61.